The highest BCUT2D eigenvalue weighted by atomic mass is 79.9. The lowest BCUT2D eigenvalue weighted by molar-refractivity contribution is -0.384. The van der Waals surface area contributed by atoms with E-state index in [9.17, 15) is 20.2 Å². The number of halogens is 2. The maximum Gasteiger partial charge on any atom is 0.341 e. The number of nitrogens with zero attached hydrogens (tertiary/aromatic N) is 2. The molecule has 0 spiro atoms. The molecule has 0 saturated heterocycles. The fraction of sp³-hybridized carbons (Fsp3) is 0.0588. The summed E-state index contributed by atoms with van der Waals surface area (Å²) in [4.78, 5) is 20.8. The first-order valence-corrected chi connectivity index (χ1v) is 8.60. The fourth-order valence-electron chi connectivity index (χ4n) is 2.04. The Bertz CT molecular complexity index is 910. The topological polar surface area (TPSA) is 113 Å². The molecule has 0 unspecified atom stereocenters. The van der Waals surface area contributed by atoms with E-state index in [1.165, 1.54) is 24.3 Å². The van der Waals surface area contributed by atoms with E-state index in [-0.39, 0.29) is 5.69 Å². The van der Waals surface area contributed by atoms with E-state index in [0.29, 0.717) is 31.4 Å². The number of benzene rings is 2. The molecule has 26 heavy (non-hydrogen) atoms. The van der Waals surface area contributed by atoms with Gasteiger partial charge in [-0.15, -0.1) is 0 Å². The van der Waals surface area contributed by atoms with Crippen molar-refractivity contribution >= 4 is 55.2 Å². The van der Waals surface area contributed by atoms with Gasteiger partial charge in [0.05, 0.1) is 25.5 Å². The lowest BCUT2D eigenvalue weighted by Crippen LogP contribution is -2.10. The molecule has 9 heteroatoms. The van der Waals surface area contributed by atoms with Gasteiger partial charge >= 0.3 is 5.97 Å². The minimum absolute atomic E-state index is 0.0588. The van der Waals surface area contributed by atoms with Gasteiger partial charge in [-0.3, -0.25) is 10.1 Å². The summed E-state index contributed by atoms with van der Waals surface area (Å²) < 4.78 is 6.22. The Labute approximate surface area is 164 Å². The Kier molecular flexibility index (Phi) is 6.49. The van der Waals surface area contributed by atoms with E-state index in [0.717, 1.165) is 0 Å². The summed E-state index contributed by atoms with van der Waals surface area (Å²) >= 11 is 6.61. The van der Waals surface area contributed by atoms with E-state index in [2.05, 4.69) is 37.9 Å². The number of carboxylic acids is 1. The smallest absolute Gasteiger partial charge is 0.341 e. The number of aliphatic carboxylic acids is 1. The summed E-state index contributed by atoms with van der Waals surface area (Å²) in [6.07, 6.45) is 1.61. The number of nitriles is 1. The van der Waals surface area contributed by atoms with E-state index in [1.54, 1.807) is 18.2 Å². The van der Waals surface area contributed by atoms with Gasteiger partial charge in [-0.2, -0.15) is 5.26 Å². The summed E-state index contributed by atoms with van der Waals surface area (Å²) in [7, 11) is 0. The molecule has 0 aliphatic heterocycles. The maximum atomic E-state index is 10.7. The molecule has 0 fully saturated rings. The predicted molar refractivity (Wildman–Crippen MR) is 102 cm³/mol. The number of rotatable bonds is 6. The van der Waals surface area contributed by atoms with Gasteiger partial charge in [0, 0.05) is 12.1 Å². The molecule has 0 aliphatic carbocycles. The van der Waals surface area contributed by atoms with Crippen LogP contribution in [0, 0.1) is 21.4 Å². The van der Waals surface area contributed by atoms with E-state index < -0.39 is 17.5 Å². The van der Waals surface area contributed by atoms with Crippen LogP contribution in [0.2, 0.25) is 0 Å². The van der Waals surface area contributed by atoms with Crippen LogP contribution in [0.1, 0.15) is 11.1 Å². The molecule has 1 N–H and O–H groups in total. The Morgan fingerprint density at radius 2 is 1.85 bits per heavy atom. The standard InChI is InChI=1S/C17H10Br2N2O5/c18-14-6-10(7-15(19)17(14)26-9-16(22)23)5-12(8-20)11-1-3-13(4-2-11)21(24)25/h1-7H,9H2,(H,22,23)/b12-5+. The summed E-state index contributed by atoms with van der Waals surface area (Å²) in [6.45, 7) is -0.487. The molecule has 0 heterocycles. The number of nitro groups is 1. The number of allylic oxidation sites excluding steroid dienone is 1. The van der Waals surface area contributed by atoms with Crippen molar-refractivity contribution in [1.82, 2.24) is 0 Å². The van der Waals surface area contributed by atoms with Crippen LogP contribution < -0.4 is 4.74 Å². The number of non-ortho nitro benzene ring substituents is 1. The van der Waals surface area contributed by atoms with Crippen LogP contribution in [0.25, 0.3) is 11.6 Å². The van der Waals surface area contributed by atoms with E-state index >= 15 is 0 Å². The first kappa shape index (κ1) is 19.6. The number of ether oxygens (including phenoxy) is 1. The summed E-state index contributed by atoms with van der Waals surface area (Å²) in [5.41, 5.74) is 1.45. The van der Waals surface area contributed by atoms with Gasteiger partial charge < -0.3 is 9.84 Å². The van der Waals surface area contributed by atoms with Crippen LogP contribution in [-0.4, -0.2) is 22.6 Å². The van der Waals surface area contributed by atoms with Crippen LogP contribution in [0.3, 0.4) is 0 Å². The number of carbonyl (C=O) groups is 1. The molecule has 2 rings (SSSR count). The molecule has 0 amide bonds. The first-order valence-electron chi connectivity index (χ1n) is 7.02. The zero-order valence-corrected chi connectivity index (χ0v) is 16.2. The van der Waals surface area contributed by atoms with Gasteiger partial charge in [-0.25, -0.2) is 4.79 Å². The number of carboxylic acid groups (broad SMARTS) is 1. The van der Waals surface area contributed by atoms with Crippen LogP contribution in [0.4, 0.5) is 5.69 Å². The highest BCUT2D eigenvalue weighted by Crippen LogP contribution is 2.36. The predicted octanol–water partition coefficient (Wildman–Crippen LogP) is 4.65. The van der Waals surface area contributed by atoms with Gasteiger partial charge in [-0.1, -0.05) is 0 Å². The van der Waals surface area contributed by atoms with Crippen molar-refractivity contribution < 1.29 is 19.6 Å². The third kappa shape index (κ3) is 4.91. The molecule has 2 aromatic carbocycles. The Morgan fingerprint density at radius 3 is 2.31 bits per heavy atom. The third-order valence-corrected chi connectivity index (χ3v) is 4.36. The molecule has 0 bridgehead atoms. The Morgan fingerprint density at radius 1 is 1.27 bits per heavy atom. The summed E-state index contributed by atoms with van der Waals surface area (Å²) in [5.74, 6) is -0.767. The van der Waals surface area contributed by atoms with Gasteiger partial charge in [0.25, 0.3) is 5.69 Å². The average Bonchev–Trinajstić information content (AvgIpc) is 2.58. The Hall–Kier alpha value is -2.70. The fourth-order valence-corrected chi connectivity index (χ4v) is 3.49. The molecule has 132 valence electrons. The zero-order valence-electron chi connectivity index (χ0n) is 13.0. The highest BCUT2D eigenvalue weighted by molar-refractivity contribution is 9.11. The first-order chi connectivity index (χ1) is 12.3. The molecule has 0 aromatic heterocycles. The quantitative estimate of drug-likeness (QED) is 0.278. The largest absolute Gasteiger partial charge is 0.480 e. The molecule has 2 aromatic rings. The zero-order chi connectivity index (χ0) is 19.3. The number of hydrogen-bond acceptors (Lipinski definition) is 5. The molecule has 7 nitrogen and oxygen atoms in total. The second kappa shape index (κ2) is 8.60. The van der Waals surface area contributed by atoms with Crippen LogP contribution >= 0.6 is 31.9 Å². The second-order valence-electron chi connectivity index (χ2n) is 4.97. The minimum atomic E-state index is -1.10. The van der Waals surface area contributed by atoms with Crippen LogP contribution in [-0.2, 0) is 4.79 Å². The van der Waals surface area contributed by atoms with Crippen molar-refractivity contribution in [3.63, 3.8) is 0 Å². The van der Waals surface area contributed by atoms with E-state index in [1.807, 2.05) is 0 Å². The molecule has 0 saturated carbocycles. The van der Waals surface area contributed by atoms with Crippen molar-refractivity contribution in [3.05, 3.63) is 66.6 Å². The molecule has 0 atom stereocenters. The minimum Gasteiger partial charge on any atom is -0.480 e. The van der Waals surface area contributed by atoms with Gasteiger partial charge in [0.2, 0.25) is 0 Å². The number of nitro benzene ring substituents is 1. The normalized spacial score (nSPS) is 10.9. The molecule has 0 radical (unpaired) electrons. The summed E-state index contributed by atoms with van der Waals surface area (Å²) in [5, 5.41) is 28.8. The van der Waals surface area contributed by atoms with Crippen LogP contribution in [0.5, 0.6) is 5.75 Å². The molecular weight excluding hydrogens is 472 g/mol. The SMILES string of the molecule is N#C/C(=C\c1cc(Br)c(OCC(=O)O)c(Br)c1)c1ccc([N+](=O)[O-])cc1. The lowest BCUT2D eigenvalue weighted by atomic mass is 10.0. The monoisotopic (exact) mass is 480 g/mol. The maximum absolute atomic E-state index is 10.7. The lowest BCUT2D eigenvalue weighted by Gasteiger charge is -2.10. The van der Waals surface area contributed by atoms with Crippen molar-refractivity contribution in [2.45, 2.75) is 0 Å². The van der Waals surface area contributed by atoms with Crippen LogP contribution in [0.15, 0.2) is 45.3 Å². The van der Waals surface area contributed by atoms with Crippen molar-refractivity contribution in [3.8, 4) is 11.8 Å². The molecular formula is C17H10Br2N2O5. The van der Waals surface area contributed by atoms with Gasteiger partial charge in [-0.05, 0) is 73.3 Å². The average molecular weight is 482 g/mol. The van der Waals surface area contributed by atoms with Gasteiger partial charge in [0.1, 0.15) is 5.75 Å². The summed E-state index contributed by atoms with van der Waals surface area (Å²) in [6, 6.07) is 11.1. The third-order valence-electron chi connectivity index (χ3n) is 3.18. The van der Waals surface area contributed by atoms with Crippen molar-refractivity contribution in [1.29, 1.82) is 5.26 Å². The highest BCUT2D eigenvalue weighted by Gasteiger charge is 2.12. The van der Waals surface area contributed by atoms with Gasteiger partial charge in [0.15, 0.2) is 6.61 Å². The second-order valence-corrected chi connectivity index (χ2v) is 6.68. The number of hydrogen-bond donors (Lipinski definition) is 1. The Balaban J connectivity index is 2.35. The van der Waals surface area contributed by atoms with Crippen molar-refractivity contribution in [2.75, 3.05) is 6.61 Å². The van der Waals surface area contributed by atoms with Crippen molar-refractivity contribution in [2.24, 2.45) is 0 Å². The molecule has 0 aliphatic rings. The van der Waals surface area contributed by atoms with E-state index in [4.69, 9.17) is 9.84 Å².